The number of carboxylic acid groups (broad SMARTS) is 3. The van der Waals surface area contributed by atoms with Gasteiger partial charge in [0.05, 0.1) is 34.2 Å². The molecule has 0 fully saturated rings. The first-order valence-corrected chi connectivity index (χ1v) is 14.9. The zero-order valence-corrected chi connectivity index (χ0v) is 25.7. The molecular weight excluding hydrogens is 626 g/mol. The summed E-state index contributed by atoms with van der Waals surface area (Å²) in [4.78, 5) is 62.5. The minimum absolute atomic E-state index is 0.0530. The number of aromatic carboxylic acids is 3. The van der Waals surface area contributed by atoms with E-state index in [1.807, 2.05) is 24.3 Å². The van der Waals surface area contributed by atoms with Crippen LogP contribution in [0.5, 0.6) is 0 Å². The minimum Gasteiger partial charge on any atom is -0.477 e. The summed E-state index contributed by atoms with van der Waals surface area (Å²) in [5.74, 6) is -3.34. The van der Waals surface area contributed by atoms with Gasteiger partial charge in [-0.1, -0.05) is 30.3 Å². The maximum Gasteiger partial charge on any atom is 0.354 e. The Morgan fingerprint density at radius 1 is 0.469 bits per heavy atom. The van der Waals surface area contributed by atoms with Crippen LogP contribution in [0.25, 0.3) is 34.0 Å². The van der Waals surface area contributed by atoms with Crippen molar-refractivity contribution in [2.45, 2.75) is 19.6 Å². The van der Waals surface area contributed by atoms with Crippen LogP contribution in [0.4, 0.5) is 0 Å². The van der Waals surface area contributed by atoms with Crippen molar-refractivity contribution in [3.8, 4) is 34.0 Å². The summed E-state index contributed by atoms with van der Waals surface area (Å²) in [6, 6.07) is 25.4. The van der Waals surface area contributed by atoms with Gasteiger partial charge in [0, 0.05) is 43.8 Å². The van der Waals surface area contributed by atoms with Crippen LogP contribution in [0.3, 0.4) is 0 Å². The normalized spacial score (nSPS) is 11.0. The van der Waals surface area contributed by atoms with Gasteiger partial charge in [0.1, 0.15) is 17.1 Å². The lowest BCUT2D eigenvalue weighted by atomic mass is 10.1. The first kappa shape index (κ1) is 32.2. The second-order valence-electron chi connectivity index (χ2n) is 10.9. The summed E-state index contributed by atoms with van der Waals surface area (Å²) in [6.07, 6.45) is 5.10. The highest BCUT2D eigenvalue weighted by molar-refractivity contribution is 5.87. The zero-order chi connectivity index (χ0) is 34.3. The van der Waals surface area contributed by atoms with Crippen LogP contribution in [-0.4, -0.2) is 68.0 Å². The molecule has 6 heterocycles. The molecular formula is C36H27N7O6. The van der Waals surface area contributed by atoms with E-state index in [-0.39, 0.29) is 17.1 Å². The van der Waals surface area contributed by atoms with Gasteiger partial charge in [-0.15, -0.1) is 0 Å². The molecule has 13 heteroatoms. The van der Waals surface area contributed by atoms with Crippen molar-refractivity contribution < 1.29 is 29.7 Å². The summed E-state index contributed by atoms with van der Waals surface area (Å²) in [7, 11) is 0. The Hall–Kier alpha value is -6.73. The molecule has 0 aliphatic rings. The summed E-state index contributed by atoms with van der Waals surface area (Å²) < 4.78 is 0. The molecule has 13 nitrogen and oxygen atoms in total. The van der Waals surface area contributed by atoms with Gasteiger partial charge in [-0.2, -0.15) is 0 Å². The van der Waals surface area contributed by atoms with E-state index in [4.69, 9.17) is 0 Å². The molecule has 0 saturated carbocycles. The molecule has 242 valence electrons. The summed E-state index contributed by atoms with van der Waals surface area (Å²) in [5.41, 5.74) is 5.52. The van der Waals surface area contributed by atoms with Crippen molar-refractivity contribution in [2.24, 2.45) is 0 Å². The van der Waals surface area contributed by atoms with Crippen LogP contribution in [0, 0.1) is 0 Å². The van der Waals surface area contributed by atoms with Crippen molar-refractivity contribution in [3.63, 3.8) is 0 Å². The maximum atomic E-state index is 11.4. The molecule has 3 N–H and O–H groups in total. The van der Waals surface area contributed by atoms with E-state index in [0.29, 0.717) is 53.7 Å². The maximum absolute atomic E-state index is 11.4. The molecule has 0 spiro atoms. The molecule has 0 bridgehead atoms. The van der Waals surface area contributed by atoms with Crippen LogP contribution in [0.1, 0.15) is 48.3 Å². The topological polar surface area (TPSA) is 192 Å². The number of carboxylic acids is 3. The van der Waals surface area contributed by atoms with Crippen LogP contribution in [-0.2, 0) is 19.6 Å². The molecule has 0 aromatic carbocycles. The zero-order valence-electron chi connectivity index (χ0n) is 25.7. The molecule has 6 rings (SSSR count). The second-order valence-corrected chi connectivity index (χ2v) is 10.9. The number of carbonyl (C=O) groups is 3. The third-order valence-corrected chi connectivity index (χ3v) is 7.40. The average molecular weight is 654 g/mol. The monoisotopic (exact) mass is 653 g/mol. The fraction of sp³-hybridized carbons (Fsp3) is 0.0833. The number of pyridine rings is 6. The Labute approximate surface area is 279 Å². The standard InChI is InChI=1S/C36H27N7O6/c44-34(45)31-7-1-4-26(40-31)24-12-13-25(37-18-24)21-43(19-22-10-14-27(38-16-22)29-5-2-8-32(41-29)35(46)47)20-23-11-15-28(39-17-23)30-6-3-9-33(42-30)36(48)49/h1-18H,19-21H2,(H,44,45)(H,46,47)(H,48,49). The van der Waals surface area contributed by atoms with Gasteiger partial charge in [-0.05, 0) is 71.8 Å². The minimum atomic E-state index is -1.12. The lowest BCUT2D eigenvalue weighted by Crippen LogP contribution is -2.23. The van der Waals surface area contributed by atoms with Crippen LogP contribution in [0.2, 0.25) is 0 Å². The Morgan fingerprint density at radius 3 is 1.35 bits per heavy atom. The van der Waals surface area contributed by atoms with Gasteiger partial charge in [-0.25, -0.2) is 29.3 Å². The lowest BCUT2D eigenvalue weighted by Gasteiger charge is -2.22. The highest BCUT2D eigenvalue weighted by atomic mass is 16.4. The molecule has 6 aromatic rings. The summed E-state index contributed by atoms with van der Waals surface area (Å²) in [6.45, 7) is 1.40. The first-order chi connectivity index (χ1) is 23.7. The van der Waals surface area contributed by atoms with Gasteiger partial charge < -0.3 is 15.3 Å². The fourth-order valence-electron chi connectivity index (χ4n) is 5.03. The summed E-state index contributed by atoms with van der Waals surface area (Å²) >= 11 is 0. The van der Waals surface area contributed by atoms with Crippen molar-refractivity contribution in [1.82, 2.24) is 34.8 Å². The Kier molecular flexibility index (Phi) is 9.44. The molecule has 0 radical (unpaired) electrons. The highest BCUT2D eigenvalue weighted by Gasteiger charge is 2.14. The predicted octanol–water partition coefficient (Wildman–Crippen LogP) is 5.35. The molecule has 0 saturated heterocycles. The quantitative estimate of drug-likeness (QED) is 0.153. The van der Waals surface area contributed by atoms with Crippen LogP contribution < -0.4 is 0 Å². The van der Waals surface area contributed by atoms with Crippen molar-refractivity contribution >= 4 is 17.9 Å². The van der Waals surface area contributed by atoms with Crippen LogP contribution in [0.15, 0.2) is 110 Å². The van der Waals surface area contributed by atoms with E-state index in [2.05, 4.69) is 34.8 Å². The molecule has 49 heavy (non-hydrogen) atoms. The Bertz CT molecular complexity index is 1900. The van der Waals surface area contributed by atoms with Crippen molar-refractivity contribution in [3.05, 3.63) is 143 Å². The van der Waals surface area contributed by atoms with E-state index >= 15 is 0 Å². The number of aromatic nitrogens is 6. The predicted molar refractivity (Wildman–Crippen MR) is 176 cm³/mol. The lowest BCUT2D eigenvalue weighted by molar-refractivity contribution is 0.0680. The van der Waals surface area contributed by atoms with E-state index < -0.39 is 17.9 Å². The van der Waals surface area contributed by atoms with E-state index in [1.165, 1.54) is 18.2 Å². The molecule has 6 aromatic heterocycles. The fourth-order valence-corrected chi connectivity index (χ4v) is 5.03. The number of nitrogens with zero attached hydrogens (tertiary/aromatic N) is 7. The van der Waals surface area contributed by atoms with Gasteiger partial charge in [0.15, 0.2) is 0 Å². The summed E-state index contributed by atoms with van der Waals surface area (Å²) in [5, 5.41) is 27.9. The van der Waals surface area contributed by atoms with Gasteiger partial charge >= 0.3 is 17.9 Å². The smallest absolute Gasteiger partial charge is 0.354 e. The highest BCUT2D eigenvalue weighted by Crippen LogP contribution is 2.21. The van der Waals surface area contributed by atoms with E-state index in [9.17, 15) is 29.7 Å². The average Bonchev–Trinajstić information content (AvgIpc) is 3.12. The number of hydrogen-bond donors (Lipinski definition) is 3. The second kappa shape index (κ2) is 14.4. The van der Waals surface area contributed by atoms with Gasteiger partial charge in [0.2, 0.25) is 0 Å². The van der Waals surface area contributed by atoms with Gasteiger partial charge in [-0.3, -0.25) is 19.9 Å². The third kappa shape index (κ3) is 7.99. The molecule has 0 unspecified atom stereocenters. The largest absolute Gasteiger partial charge is 0.477 e. The van der Waals surface area contributed by atoms with E-state index in [1.54, 1.807) is 67.1 Å². The Balaban J connectivity index is 1.23. The molecule has 0 aliphatic carbocycles. The number of rotatable bonds is 12. The van der Waals surface area contributed by atoms with Crippen molar-refractivity contribution in [1.29, 1.82) is 0 Å². The molecule has 0 atom stereocenters. The third-order valence-electron chi connectivity index (χ3n) is 7.40. The SMILES string of the molecule is O=C(O)c1cccc(-c2ccc(CN(Cc3ccc(-c4cccc(C(=O)O)n4)nc3)Cc3ccc(-c4cccc(C(=O)O)n4)nc3)nc2)n1. The number of hydrogen-bond acceptors (Lipinski definition) is 10. The van der Waals surface area contributed by atoms with Crippen LogP contribution >= 0.6 is 0 Å². The molecule has 0 aliphatic heterocycles. The first-order valence-electron chi connectivity index (χ1n) is 14.9. The van der Waals surface area contributed by atoms with Gasteiger partial charge in [0.25, 0.3) is 0 Å². The molecule has 0 amide bonds. The Morgan fingerprint density at radius 2 is 0.939 bits per heavy atom. The van der Waals surface area contributed by atoms with Crippen molar-refractivity contribution in [2.75, 3.05) is 0 Å². The van der Waals surface area contributed by atoms with E-state index in [0.717, 1.165) is 16.8 Å².